The van der Waals surface area contributed by atoms with E-state index in [1.807, 2.05) is 26.8 Å². The standard InChI is InChI=1S/C20H29N5O4.C15H21N5O2/c1-20(2,3)29-19(27)22-14-7-9-24(10-8-14)11-12-25-17(26)13-21-15-5-6-16(28-4)23-18(15)25;1-22-13-3-2-12-15(18-13)20(14(21)10-17-12)9-8-19-6-4-11(16)5-7-19/h5-6,13-14H,7-12H2,1-4H3,(H,22,27);2-3,10-11H,4-9,16H2,1H3. The minimum atomic E-state index is -0.498. The number of rotatable bonds is 9. The number of methoxy groups -OCH3 is 2. The molecule has 51 heavy (non-hydrogen) atoms. The second-order valence-electron chi connectivity index (χ2n) is 13.8. The lowest BCUT2D eigenvalue weighted by atomic mass is 10.1. The molecule has 16 nitrogen and oxygen atoms in total. The number of carbonyl (C=O) groups excluding carboxylic acids is 1. The molecule has 16 heteroatoms. The topological polar surface area (TPSA) is 185 Å². The van der Waals surface area contributed by atoms with Crippen LogP contribution in [-0.4, -0.2) is 116 Å². The molecule has 2 aliphatic rings. The van der Waals surface area contributed by atoms with Crippen molar-refractivity contribution in [2.75, 3.05) is 53.5 Å². The van der Waals surface area contributed by atoms with E-state index in [1.54, 1.807) is 41.6 Å². The molecule has 4 aromatic rings. The Kier molecular flexibility index (Phi) is 12.5. The number of fused-ring (bicyclic) bond motifs is 2. The van der Waals surface area contributed by atoms with Crippen LogP contribution in [0.5, 0.6) is 11.8 Å². The molecule has 0 aromatic carbocycles. The summed E-state index contributed by atoms with van der Waals surface area (Å²) in [6.07, 6.45) is 6.02. The molecule has 1 amide bonds. The molecule has 2 fully saturated rings. The van der Waals surface area contributed by atoms with Gasteiger partial charge >= 0.3 is 6.09 Å². The summed E-state index contributed by atoms with van der Waals surface area (Å²) in [5.74, 6) is 0.935. The zero-order valence-corrected chi connectivity index (χ0v) is 30.2. The van der Waals surface area contributed by atoms with Gasteiger partial charge in [0.05, 0.1) is 26.6 Å². The number of carbonyl (C=O) groups is 1. The average Bonchev–Trinajstić information content (AvgIpc) is 3.11. The summed E-state index contributed by atoms with van der Waals surface area (Å²) in [6, 6.07) is 7.51. The van der Waals surface area contributed by atoms with Crippen LogP contribution in [0.2, 0.25) is 0 Å². The fraction of sp³-hybridized carbons (Fsp3) is 0.571. The van der Waals surface area contributed by atoms with Crippen molar-refractivity contribution in [3.05, 3.63) is 57.4 Å². The first-order chi connectivity index (χ1) is 24.4. The normalized spacial score (nSPS) is 16.4. The van der Waals surface area contributed by atoms with Crippen LogP contribution in [0.25, 0.3) is 22.3 Å². The maximum Gasteiger partial charge on any atom is 0.407 e. The molecule has 2 saturated heterocycles. The number of alkyl carbamates (subject to hydrolysis) is 1. The van der Waals surface area contributed by atoms with Crippen LogP contribution < -0.4 is 31.6 Å². The van der Waals surface area contributed by atoms with Crippen LogP contribution in [0, 0.1) is 0 Å². The molecule has 0 spiro atoms. The minimum Gasteiger partial charge on any atom is -0.481 e. The molecule has 6 heterocycles. The Balaban J connectivity index is 0.000000205. The van der Waals surface area contributed by atoms with E-state index in [4.69, 9.17) is 19.9 Å². The molecule has 276 valence electrons. The summed E-state index contributed by atoms with van der Waals surface area (Å²) in [6.45, 7) is 11.8. The minimum absolute atomic E-state index is 0.108. The summed E-state index contributed by atoms with van der Waals surface area (Å²) in [5, 5.41) is 2.94. The third kappa shape index (κ3) is 10.4. The third-order valence-corrected chi connectivity index (χ3v) is 8.97. The first kappa shape index (κ1) is 37.6. The van der Waals surface area contributed by atoms with Crippen LogP contribution in [0.1, 0.15) is 46.5 Å². The summed E-state index contributed by atoms with van der Waals surface area (Å²) in [5.41, 5.74) is 7.55. The van der Waals surface area contributed by atoms with Gasteiger partial charge in [0.15, 0.2) is 11.3 Å². The molecule has 0 bridgehead atoms. The summed E-state index contributed by atoms with van der Waals surface area (Å²) in [4.78, 5) is 58.1. The highest BCUT2D eigenvalue weighted by Gasteiger charge is 2.24. The van der Waals surface area contributed by atoms with Crippen molar-refractivity contribution in [2.24, 2.45) is 5.73 Å². The predicted octanol–water partition coefficient (Wildman–Crippen LogP) is 2.01. The van der Waals surface area contributed by atoms with Crippen molar-refractivity contribution < 1.29 is 19.0 Å². The third-order valence-electron chi connectivity index (χ3n) is 8.97. The van der Waals surface area contributed by atoms with E-state index in [-0.39, 0.29) is 23.3 Å². The Morgan fingerprint density at radius 1 is 0.765 bits per heavy atom. The Bertz CT molecular complexity index is 1890. The Morgan fingerprint density at radius 3 is 1.65 bits per heavy atom. The number of piperidine rings is 2. The highest BCUT2D eigenvalue weighted by molar-refractivity contribution is 5.71. The second kappa shape index (κ2) is 17.0. The quantitative estimate of drug-likeness (QED) is 0.258. The lowest BCUT2D eigenvalue weighted by Crippen LogP contribution is -2.46. The van der Waals surface area contributed by atoms with Crippen molar-refractivity contribution in [2.45, 2.75) is 77.2 Å². The fourth-order valence-electron chi connectivity index (χ4n) is 6.14. The lowest BCUT2D eigenvalue weighted by Gasteiger charge is -2.32. The Hall–Kier alpha value is -4.67. The van der Waals surface area contributed by atoms with Crippen molar-refractivity contribution in [1.82, 2.24) is 44.2 Å². The van der Waals surface area contributed by atoms with Crippen molar-refractivity contribution in [3.8, 4) is 11.8 Å². The molecule has 0 atom stereocenters. The van der Waals surface area contributed by atoms with Crippen LogP contribution in [0.4, 0.5) is 4.79 Å². The molecule has 2 aliphatic heterocycles. The van der Waals surface area contributed by atoms with Gasteiger partial charge in [0.2, 0.25) is 11.8 Å². The van der Waals surface area contributed by atoms with Gasteiger partial charge in [-0.25, -0.2) is 14.8 Å². The molecule has 0 unspecified atom stereocenters. The summed E-state index contributed by atoms with van der Waals surface area (Å²) in [7, 11) is 3.10. The lowest BCUT2D eigenvalue weighted by molar-refractivity contribution is 0.0478. The number of pyridine rings is 2. The number of ether oxygens (including phenoxy) is 3. The number of amides is 1. The molecular formula is C35H50N10O6. The number of hydrogen-bond acceptors (Lipinski definition) is 13. The first-order valence-corrected chi connectivity index (χ1v) is 17.4. The highest BCUT2D eigenvalue weighted by atomic mass is 16.6. The summed E-state index contributed by atoms with van der Waals surface area (Å²) < 4.78 is 18.9. The Labute approximate surface area is 296 Å². The van der Waals surface area contributed by atoms with Gasteiger partial charge in [-0.3, -0.25) is 18.7 Å². The Morgan fingerprint density at radius 2 is 1.22 bits per heavy atom. The predicted molar refractivity (Wildman–Crippen MR) is 193 cm³/mol. The number of likely N-dealkylation sites (tertiary alicyclic amines) is 2. The van der Waals surface area contributed by atoms with Crippen LogP contribution >= 0.6 is 0 Å². The van der Waals surface area contributed by atoms with Crippen LogP contribution in [-0.2, 0) is 17.8 Å². The number of hydrogen-bond donors (Lipinski definition) is 2. The fourth-order valence-corrected chi connectivity index (χ4v) is 6.14. The van der Waals surface area contributed by atoms with Gasteiger partial charge in [-0.15, -0.1) is 0 Å². The molecular weight excluding hydrogens is 656 g/mol. The SMILES string of the molecule is COc1ccc2ncc(=O)n(CCN3CCC(N)CC3)c2n1.COc1ccc2ncc(=O)n(CCN3CCC(NC(=O)OC(C)(C)C)CC3)c2n1. The molecule has 0 saturated carbocycles. The van der Waals surface area contributed by atoms with E-state index in [0.717, 1.165) is 65.0 Å². The van der Waals surface area contributed by atoms with Crippen molar-refractivity contribution in [1.29, 1.82) is 0 Å². The van der Waals surface area contributed by atoms with Crippen LogP contribution in [0.15, 0.2) is 46.2 Å². The second-order valence-corrected chi connectivity index (χ2v) is 13.8. The molecule has 0 radical (unpaired) electrons. The molecule has 6 rings (SSSR count). The first-order valence-electron chi connectivity index (χ1n) is 17.4. The van der Waals surface area contributed by atoms with Gasteiger partial charge in [0, 0.05) is 63.5 Å². The smallest absolute Gasteiger partial charge is 0.407 e. The number of nitrogens with zero attached hydrogens (tertiary/aromatic N) is 8. The van der Waals surface area contributed by atoms with Gasteiger partial charge in [-0.05, 0) is 71.7 Å². The number of nitrogens with two attached hydrogens (primary N) is 1. The zero-order chi connectivity index (χ0) is 36.5. The molecule has 3 N–H and O–H groups in total. The molecule has 0 aliphatic carbocycles. The highest BCUT2D eigenvalue weighted by Crippen LogP contribution is 2.16. The maximum atomic E-state index is 12.3. The van der Waals surface area contributed by atoms with E-state index < -0.39 is 5.60 Å². The number of aromatic nitrogens is 6. The van der Waals surface area contributed by atoms with Crippen LogP contribution in [0.3, 0.4) is 0 Å². The maximum absolute atomic E-state index is 12.3. The van der Waals surface area contributed by atoms with E-state index in [0.29, 0.717) is 53.2 Å². The van der Waals surface area contributed by atoms with Gasteiger partial charge in [0.1, 0.15) is 16.6 Å². The van der Waals surface area contributed by atoms with E-state index >= 15 is 0 Å². The van der Waals surface area contributed by atoms with E-state index in [9.17, 15) is 14.4 Å². The van der Waals surface area contributed by atoms with Crippen molar-refractivity contribution in [3.63, 3.8) is 0 Å². The van der Waals surface area contributed by atoms with Gasteiger partial charge in [-0.1, -0.05) is 0 Å². The molecule has 4 aromatic heterocycles. The van der Waals surface area contributed by atoms with E-state index in [2.05, 4.69) is 35.1 Å². The largest absolute Gasteiger partial charge is 0.481 e. The van der Waals surface area contributed by atoms with E-state index in [1.165, 1.54) is 12.4 Å². The van der Waals surface area contributed by atoms with Gasteiger partial charge in [-0.2, -0.15) is 9.97 Å². The summed E-state index contributed by atoms with van der Waals surface area (Å²) >= 11 is 0. The monoisotopic (exact) mass is 706 g/mol. The number of nitrogens with one attached hydrogen (secondary N) is 1. The van der Waals surface area contributed by atoms with Gasteiger partial charge < -0.3 is 35.1 Å². The van der Waals surface area contributed by atoms with Crippen molar-refractivity contribution >= 4 is 28.4 Å². The zero-order valence-electron chi connectivity index (χ0n) is 30.2. The van der Waals surface area contributed by atoms with Gasteiger partial charge in [0.25, 0.3) is 11.1 Å². The average molecular weight is 707 g/mol.